The van der Waals surface area contributed by atoms with Crippen LogP contribution in [0.1, 0.15) is 63.6 Å². The molecule has 1 saturated heterocycles. The van der Waals surface area contributed by atoms with Crippen LogP contribution in [0.2, 0.25) is 0 Å². The van der Waals surface area contributed by atoms with E-state index < -0.39 is 0 Å². The van der Waals surface area contributed by atoms with Crippen molar-refractivity contribution in [1.29, 1.82) is 0 Å². The molecule has 4 heteroatoms. The van der Waals surface area contributed by atoms with Crippen LogP contribution in [0.4, 0.5) is 0 Å². The topological polar surface area (TPSA) is 42.2 Å². The Morgan fingerprint density at radius 3 is 2.35 bits per heavy atom. The monoisotopic (exact) mass is 237 g/mol. The van der Waals surface area contributed by atoms with E-state index in [0.29, 0.717) is 5.92 Å². The van der Waals surface area contributed by atoms with Crippen molar-refractivity contribution in [1.82, 2.24) is 15.0 Å². The predicted octanol–water partition coefficient (Wildman–Crippen LogP) is 2.96. The summed E-state index contributed by atoms with van der Waals surface area (Å²) in [4.78, 5) is 6.88. The molecule has 0 amide bonds. The van der Waals surface area contributed by atoms with E-state index in [-0.39, 0.29) is 0 Å². The Bertz CT molecular complexity index is 327. The zero-order valence-electron chi connectivity index (χ0n) is 11.0. The largest absolute Gasteiger partial charge is 0.338 e. The molecule has 1 fully saturated rings. The number of hydrogen-bond acceptors (Lipinski definition) is 4. The number of nitrogens with zero attached hydrogens (tertiary/aromatic N) is 3. The van der Waals surface area contributed by atoms with Gasteiger partial charge in [0.1, 0.15) is 0 Å². The highest BCUT2D eigenvalue weighted by Gasteiger charge is 2.14. The average Bonchev–Trinajstić information content (AvgIpc) is 2.70. The van der Waals surface area contributed by atoms with Gasteiger partial charge in [-0.05, 0) is 25.9 Å². The Morgan fingerprint density at radius 1 is 1.12 bits per heavy atom. The molecule has 0 aliphatic carbocycles. The van der Waals surface area contributed by atoms with Crippen LogP contribution in [0.25, 0.3) is 0 Å². The van der Waals surface area contributed by atoms with E-state index in [1.165, 1.54) is 45.2 Å². The molecular weight excluding hydrogens is 214 g/mol. The first kappa shape index (κ1) is 12.6. The number of likely N-dealkylation sites (tertiary alicyclic amines) is 1. The van der Waals surface area contributed by atoms with Crippen molar-refractivity contribution in [2.45, 2.75) is 58.4 Å². The van der Waals surface area contributed by atoms with Crippen molar-refractivity contribution in [3.05, 3.63) is 11.7 Å². The first-order valence-electron chi connectivity index (χ1n) is 6.80. The first-order valence-corrected chi connectivity index (χ1v) is 6.80. The molecule has 1 aliphatic rings. The lowest BCUT2D eigenvalue weighted by atomic mass is 10.1. The molecule has 0 saturated carbocycles. The number of aromatic nitrogens is 2. The average molecular weight is 237 g/mol. The van der Waals surface area contributed by atoms with E-state index in [9.17, 15) is 0 Å². The van der Waals surface area contributed by atoms with Crippen molar-refractivity contribution in [2.75, 3.05) is 13.1 Å². The first-order chi connectivity index (χ1) is 8.25. The second-order valence-electron chi connectivity index (χ2n) is 5.24. The van der Waals surface area contributed by atoms with Gasteiger partial charge in [0.2, 0.25) is 5.89 Å². The minimum atomic E-state index is 0.347. The summed E-state index contributed by atoms with van der Waals surface area (Å²) in [5, 5.41) is 4.01. The van der Waals surface area contributed by atoms with Gasteiger partial charge in [-0.15, -0.1) is 0 Å². The second kappa shape index (κ2) is 6.15. The lowest BCUT2D eigenvalue weighted by Crippen LogP contribution is -2.27. The fraction of sp³-hybridized carbons (Fsp3) is 0.846. The highest BCUT2D eigenvalue weighted by Crippen LogP contribution is 2.14. The normalized spacial score (nSPS) is 19.2. The molecule has 0 atom stereocenters. The van der Waals surface area contributed by atoms with Crippen molar-refractivity contribution < 1.29 is 4.52 Å². The quantitative estimate of drug-likeness (QED) is 0.810. The maximum Gasteiger partial charge on any atom is 0.240 e. The molecule has 0 aromatic carbocycles. The standard InChI is InChI=1S/C13H23N3O/c1-11(2)13-14-12(17-15-13)10-16-8-6-4-3-5-7-9-16/h11H,3-10H2,1-2H3. The van der Waals surface area contributed by atoms with Crippen LogP contribution < -0.4 is 0 Å². The van der Waals surface area contributed by atoms with Gasteiger partial charge in [0.05, 0.1) is 6.54 Å². The molecule has 4 nitrogen and oxygen atoms in total. The Kier molecular flexibility index (Phi) is 4.54. The van der Waals surface area contributed by atoms with Gasteiger partial charge >= 0.3 is 0 Å². The Balaban J connectivity index is 1.89. The Morgan fingerprint density at radius 2 is 1.76 bits per heavy atom. The van der Waals surface area contributed by atoms with Crippen LogP contribution in [-0.4, -0.2) is 28.1 Å². The Hall–Kier alpha value is -0.900. The van der Waals surface area contributed by atoms with E-state index in [2.05, 4.69) is 28.9 Å². The maximum atomic E-state index is 5.30. The molecule has 0 bridgehead atoms. The fourth-order valence-corrected chi connectivity index (χ4v) is 2.23. The molecule has 1 aliphatic heterocycles. The van der Waals surface area contributed by atoms with Crippen LogP contribution in [0, 0.1) is 0 Å². The summed E-state index contributed by atoms with van der Waals surface area (Å²) >= 11 is 0. The smallest absolute Gasteiger partial charge is 0.240 e. The molecule has 96 valence electrons. The Labute approximate surface area is 103 Å². The fourth-order valence-electron chi connectivity index (χ4n) is 2.23. The maximum absolute atomic E-state index is 5.30. The van der Waals surface area contributed by atoms with Gasteiger partial charge in [-0.1, -0.05) is 38.3 Å². The van der Waals surface area contributed by atoms with Crippen molar-refractivity contribution in [3.8, 4) is 0 Å². The third-order valence-corrected chi connectivity index (χ3v) is 3.31. The summed E-state index contributed by atoms with van der Waals surface area (Å²) in [5.74, 6) is 1.95. The molecule has 0 spiro atoms. The molecule has 2 rings (SSSR count). The molecule has 1 aromatic heterocycles. The summed E-state index contributed by atoms with van der Waals surface area (Å²) in [6, 6.07) is 0. The molecule has 0 N–H and O–H groups in total. The van der Waals surface area contributed by atoms with E-state index in [1.807, 2.05) is 0 Å². The minimum absolute atomic E-state index is 0.347. The SMILES string of the molecule is CC(C)c1noc(CN2CCCCCCC2)n1. The van der Waals surface area contributed by atoms with Crippen LogP contribution in [-0.2, 0) is 6.54 Å². The van der Waals surface area contributed by atoms with E-state index in [0.717, 1.165) is 18.3 Å². The third-order valence-electron chi connectivity index (χ3n) is 3.31. The van der Waals surface area contributed by atoms with Gasteiger partial charge < -0.3 is 4.52 Å². The molecule has 2 heterocycles. The summed E-state index contributed by atoms with van der Waals surface area (Å²) < 4.78 is 5.30. The second-order valence-corrected chi connectivity index (χ2v) is 5.24. The number of rotatable bonds is 3. The van der Waals surface area contributed by atoms with Crippen LogP contribution >= 0.6 is 0 Å². The molecular formula is C13H23N3O. The number of hydrogen-bond donors (Lipinski definition) is 0. The zero-order chi connectivity index (χ0) is 12.1. The van der Waals surface area contributed by atoms with Gasteiger partial charge in [0, 0.05) is 5.92 Å². The molecule has 17 heavy (non-hydrogen) atoms. The van der Waals surface area contributed by atoms with Crippen molar-refractivity contribution in [2.24, 2.45) is 0 Å². The van der Waals surface area contributed by atoms with Gasteiger partial charge in [-0.2, -0.15) is 4.98 Å². The lowest BCUT2D eigenvalue weighted by molar-refractivity contribution is 0.208. The van der Waals surface area contributed by atoms with Gasteiger partial charge in [0.15, 0.2) is 5.82 Å². The summed E-state index contributed by atoms with van der Waals surface area (Å²) in [7, 11) is 0. The third kappa shape index (κ3) is 3.80. The summed E-state index contributed by atoms with van der Waals surface area (Å²) in [6.07, 6.45) is 6.71. The van der Waals surface area contributed by atoms with Crippen LogP contribution in [0.15, 0.2) is 4.52 Å². The van der Waals surface area contributed by atoms with Gasteiger partial charge in [-0.3, -0.25) is 4.90 Å². The van der Waals surface area contributed by atoms with Crippen molar-refractivity contribution >= 4 is 0 Å². The molecule has 0 unspecified atom stereocenters. The molecule has 0 radical (unpaired) electrons. The summed E-state index contributed by atoms with van der Waals surface area (Å²) in [6.45, 7) is 7.33. The zero-order valence-corrected chi connectivity index (χ0v) is 11.0. The van der Waals surface area contributed by atoms with Crippen LogP contribution in [0.3, 0.4) is 0 Å². The lowest BCUT2D eigenvalue weighted by Gasteiger charge is -2.22. The highest BCUT2D eigenvalue weighted by atomic mass is 16.5. The minimum Gasteiger partial charge on any atom is -0.338 e. The van der Waals surface area contributed by atoms with Gasteiger partial charge in [-0.25, -0.2) is 0 Å². The van der Waals surface area contributed by atoms with E-state index in [4.69, 9.17) is 4.52 Å². The van der Waals surface area contributed by atoms with Crippen molar-refractivity contribution in [3.63, 3.8) is 0 Å². The van der Waals surface area contributed by atoms with E-state index in [1.54, 1.807) is 0 Å². The van der Waals surface area contributed by atoms with E-state index >= 15 is 0 Å². The highest BCUT2D eigenvalue weighted by molar-refractivity contribution is 4.91. The van der Waals surface area contributed by atoms with Gasteiger partial charge in [0.25, 0.3) is 0 Å². The predicted molar refractivity (Wildman–Crippen MR) is 66.7 cm³/mol. The summed E-state index contributed by atoms with van der Waals surface area (Å²) in [5.41, 5.74) is 0. The van der Waals surface area contributed by atoms with Crippen LogP contribution in [0.5, 0.6) is 0 Å². The molecule has 1 aromatic rings.